The molecule has 0 saturated carbocycles. The Bertz CT molecular complexity index is 645. The Morgan fingerprint density at radius 3 is 3.20 bits per heavy atom. The number of benzene rings is 1. The van der Waals surface area contributed by atoms with E-state index in [2.05, 4.69) is 34.7 Å². The van der Waals surface area contributed by atoms with Crippen molar-refractivity contribution in [2.24, 2.45) is 5.92 Å². The molecule has 2 unspecified atom stereocenters. The first-order chi connectivity index (χ1) is 9.86. The topological polar surface area (TPSA) is 44.9 Å². The normalized spacial score (nSPS) is 28.3. The number of H-pyrrole nitrogens is 1. The number of aromatic amines is 1. The van der Waals surface area contributed by atoms with Crippen LogP contribution in [0.15, 0.2) is 24.4 Å². The highest BCUT2D eigenvalue weighted by Crippen LogP contribution is 2.42. The molecular formula is C17H20N2O. The first-order valence-electron chi connectivity index (χ1n) is 7.62. The molecule has 2 N–H and O–H groups in total. The van der Waals surface area contributed by atoms with Crippen LogP contribution in [-0.4, -0.2) is 23.9 Å². The van der Waals surface area contributed by atoms with Gasteiger partial charge in [0.05, 0.1) is 0 Å². The molecule has 3 heteroatoms. The van der Waals surface area contributed by atoms with Crippen LogP contribution >= 0.6 is 0 Å². The van der Waals surface area contributed by atoms with Gasteiger partial charge in [0, 0.05) is 35.5 Å². The Kier molecular flexibility index (Phi) is 2.88. The Labute approximate surface area is 118 Å². The van der Waals surface area contributed by atoms with Crippen LogP contribution in [0.2, 0.25) is 0 Å². The van der Waals surface area contributed by atoms with Gasteiger partial charge in [0.25, 0.3) is 0 Å². The first kappa shape index (κ1) is 12.2. The van der Waals surface area contributed by atoms with Gasteiger partial charge in [-0.15, -0.1) is 0 Å². The molecule has 4 rings (SSSR count). The van der Waals surface area contributed by atoms with E-state index < -0.39 is 0 Å². The van der Waals surface area contributed by atoms with Crippen LogP contribution in [-0.2, 0) is 11.2 Å². The maximum atomic E-state index is 10.6. The van der Waals surface area contributed by atoms with E-state index in [-0.39, 0.29) is 0 Å². The summed E-state index contributed by atoms with van der Waals surface area (Å²) in [5.41, 5.74) is 4.22. The van der Waals surface area contributed by atoms with Crippen molar-refractivity contribution in [1.82, 2.24) is 10.3 Å². The number of carbonyl (C=O) groups is 1. The van der Waals surface area contributed by atoms with Crippen molar-refractivity contribution in [2.75, 3.05) is 6.54 Å². The molecular weight excluding hydrogens is 248 g/mol. The molecule has 0 bridgehead atoms. The lowest BCUT2D eigenvalue weighted by molar-refractivity contribution is -0.108. The SMILES string of the molecule is O=CCCC1CN[C@@H]2Cc3c[nH]c4cccc(c34)C2C1. The van der Waals surface area contributed by atoms with Gasteiger partial charge in [-0.3, -0.25) is 0 Å². The molecule has 0 spiro atoms. The predicted molar refractivity (Wildman–Crippen MR) is 79.9 cm³/mol. The highest BCUT2D eigenvalue weighted by molar-refractivity contribution is 5.88. The number of nitrogens with one attached hydrogen (secondary N) is 2. The minimum Gasteiger partial charge on any atom is -0.361 e. The van der Waals surface area contributed by atoms with E-state index in [9.17, 15) is 4.79 Å². The van der Waals surface area contributed by atoms with E-state index in [0.29, 0.717) is 24.3 Å². The molecule has 2 aromatic rings. The Morgan fingerprint density at radius 2 is 2.30 bits per heavy atom. The van der Waals surface area contributed by atoms with Gasteiger partial charge in [0.15, 0.2) is 0 Å². The summed E-state index contributed by atoms with van der Waals surface area (Å²) >= 11 is 0. The molecule has 1 aliphatic heterocycles. The van der Waals surface area contributed by atoms with Crippen LogP contribution in [0.4, 0.5) is 0 Å². The smallest absolute Gasteiger partial charge is 0.120 e. The van der Waals surface area contributed by atoms with E-state index in [1.54, 1.807) is 0 Å². The maximum Gasteiger partial charge on any atom is 0.120 e. The molecule has 1 aliphatic carbocycles. The van der Waals surface area contributed by atoms with Crippen molar-refractivity contribution in [3.05, 3.63) is 35.5 Å². The van der Waals surface area contributed by atoms with Crippen molar-refractivity contribution in [1.29, 1.82) is 0 Å². The molecule has 1 fully saturated rings. The minimum absolute atomic E-state index is 0.566. The number of hydrogen-bond donors (Lipinski definition) is 2. The van der Waals surface area contributed by atoms with Crippen molar-refractivity contribution in [2.45, 2.75) is 37.6 Å². The van der Waals surface area contributed by atoms with E-state index in [0.717, 1.165) is 25.7 Å². The highest BCUT2D eigenvalue weighted by atomic mass is 16.1. The summed E-state index contributed by atoms with van der Waals surface area (Å²) in [6.07, 6.45) is 7.29. The molecule has 3 nitrogen and oxygen atoms in total. The zero-order valence-corrected chi connectivity index (χ0v) is 11.6. The van der Waals surface area contributed by atoms with Crippen molar-refractivity contribution >= 4 is 17.2 Å². The summed E-state index contributed by atoms with van der Waals surface area (Å²) in [5, 5.41) is 5.17. The first-order valence-corrected chi connectivity index (χ1v) is 7.62. The summed E-state index contributed by atoms with van der Waals surface area (Å²) in [4.78, 5) is 14.0. The number of hydrogen-bond acceptors (Lipinski definition) is 2. The summed E-state index contributed by atoms with van der Waals surface area (Å²) in [7, 11) is 0. The lowest BCUT2D eigenvalue weighted by Gasteiger charge is -2.40. The van der Waals surface area contributed by atoms with Crippen LogP contribution < -0.4 is 5.32 Å². The Balaban J connectivity index is 1.69. The predicted octanol–water partition coefficient (Wildman–Crippen LogP) is 2.76. The van der Waals surface area contributed by atoms with Crippen LogP contribution in [0.25, 0.3) is 10.9 Å². The number of aromatic nitrogens is 1. The van der Waals surface area contributed by atoms with Gasteiger partial charge >= 0.3 is 0 Å². The molecule has 0 amide bonds. The molecule has 104 valence electrons. The van der Waals surface area contributed by atoms with Gasteiger partial charge < -0.3 is 15.1 Å². The van der Waals surface area contributed by atoms with Gasteiger partial charge in [-0.1, -0.05) is 12.1 Å². The van der Waals surface area contributed by atoms with Crippen LogP contribution in [0.5, 0.6) is 0 Å². The number of rotatable bonds is 3. The van der Waals surface area contributed by atoms with Gasteiger partial charge in [-0.25, -0.2) is 0 Å². The zero-order chi connectivity index (χ0) is 13.5. The van der Waals surface area contributed by atoms with Crippen molar-refractivity contribution in [3.8, 4) is 0 Å². The van der Waals surface area contributed by atoms with Gasteiger partial charge in [0.2, 0.25) is 0 Å². The van der Waals surface area contributed by atoms with Gasteiger partial charge in [0.1, 0.15) is 6.29 Å². The molecule has 2 aliphatic rings. The van der Waals surface area contributed by atoms with Gasteiger partial charge in [-0.05, 0) is 48.9 Å². The zero-order valence-electron chi connectivity index (χ0n) is 11.6. The Morgan fingerprint density at radius 1 is 1.35 bits per heavy atom. The number of carbonyl (C=O) groups excluding carboxylic acids is 1. The minimum atomic E-state index is 0.566. The molecule has 20 heavy (non-hydrogen) atoms. The summed E-state index contributed by atoms with van der Waals surface area (Å²) in [6, 6.07) is 7.19. The van der Waals surface area contributed by atoms with Crippen LogP contribution in [0, 0.1) is 5.92 Å². The quantitative estimate of drug-likeness (QED) is 0.841. The summed E-state index contributed by atoms with van der Waals surface area (Å²) in [6.45, 7) is 1.06. The Hall–Kier alpha value is -1.61. The van der Waals surface area contributed by atoms with E-state index in [1.807, 2.05) is 0 Å². The fourth-order valence-corrected chi connectivity index (χ4v) is 4.14. The molecule has 0 radical (unpaired) electrons. The van der Waals surface area contributed by atoms with Gasteiger partial charge in [-0.2, -0.15) is 0 Å². The third-order valence-electron chi connectivity index (χ3n) is 5.09. The summed E-state index contributed by atoms with van der Waals surface area (Å²) in [5.74, 6) is 1.24. The standard InChI is InChI=1S/C17H20N2O/c20-6-2-3-11-7-14-13-4-1-5-15-17(13)12(10-19-15)8-16(14)18-9-11/h1,4-6,10-11,14,16,18-19H,2-3,7-9H2/t11?,14?,16-/m1/s1. The second kappa shape index (κ2) is 4.74. The van der Waals surface area contributed by atoms with E-state index in [4.69, 9.17) is 0 Å². The number of aldehydes is 1. The second-order valence-electron chi connectivity index (χ2n) is 6.25. The highest BCUT2D eigenvalue weighted by Gasteiger charge is 2.35. The molecule has 1 aromatic carbocycles. The average molecular weight is 268 g/mol. The fraction of sp³-hybridized carbons (Fsp3) is 0.471. The van der Waals surface area contributed by atoms with Crippen LogP contribution in [0.3, 0.4) is 0 Å². The number of piperidine rings is 1. The monoisotopic (exact) mass is 268 g/mol. The van der Waals surface area contributed by atoms with E-state index >= 15 is 0 Å². The number of fused-ring (bicyclic) bond motifs is 2. The largest absolute Gasteiger partial charge is 0.361 e. The third-order valence-corrected chi connectivity index (χ3v) is 5.09. The third kappa shape index (κ3) is 1.80. The van der Waals surface area contributed by atoms with Crippen molar-refractivity contribution < 1.29 is 4.79 Å². The molecule has 1 aromatic heterocycles. The average Bonchev–Trinajstić information content (AvgIpc) is 2.90. The summed E-state index contributed by atoms with van der Waals surface area (Å²) < 4.78 is 0. The lowest BCUT2D eigenvalue weighted by atomic mass is 9.72. The van der Waals surface area contributed by atoms with Crippen LogP contribution in [0.1, 0.15) is 36.3 Å². The van der Waals surface area contributed by atoms with E-state index in [1.165, 1.54) is 28.5 Å². The lowest BCUT2D eigenvalue weighted by Crippen LogP contribution is -2.46. The molecule has 3 atom stereocenters. The maximum absolute atomic E-state index is 10.6. The second-order valence-corrected chi connectivity index (χ2v) is 6.25. The van der Waals surface area contributed by atoms with Crippen molar-refractivity contribution in [3.63, 3.8) is 0 Å². The molecule has 1 saturated heterocycles. The molecule has 2 heterocycles. The fourth-order valence-electron chi connectivity index (χ4n) is 4.14.